The molecule has 0 aromatic carbocycles. The number of alkyl halides is 3. The number of carbonyl (C=O) groups excluding carboxylic acids is 1. The van der Waals surface area contributed by atoms with Gasteiger partial charge in [0.1, 0.15) is 29.2 Å². The summed E-state index contributed by atoms with van der Waals surface area (Å²) in [7, 11) is 1.45. The average Bonchev–Trinajstić information content (AvgIpc) is 2.61. The number of halogens is 3. The highest BCUT2D eigenvalue weighted by atomic mass is 19.4. The number of hydrogen-bond acceptors (Lipinski definition) is 7. The summed E-state index contributed by atoms with van der Waals surface area (Å²) < 4.78 is 44.0. The first-order chi connectivity index (χ1) is 13.8. The molecule has 2 aromatic rings. The highest BCUT2D eigenvalue weighted by Crippen LogP contribution is 2.28. The first kappa shape index (κ1) is 22.8. The Hall–Kier alpha value is -3.44. The zero-order chi connectivity index (χ0) is 22.7. The van der Waals surface area contributed by atoms with E-state index in [1.54, 1.807) is 20.8 Å². The van der Waals surface area contributed by atoms with Crippen LogP contribution in [0.1, 0.15) is 32.2 Å². The van der Waals surface area contributed by atoms with E-state index in [0.717, 1.165) is 29.2 Å². The van der Waals surface area contributed by atoms with Gasteiger partial charge >= 0.3 is 12.1 Å². The third-order valence-electron chi connectivity index (χ3n) is 3.54. The van der Waals surface area contributed by atoms with Gasteiger partial charge in [0.2, 0.25) is 0 Å². The topological polar surface area (TPSA) is 124 Å². The Labute approximate surface area is 169 Å². The Balaban J connectivity index is 2.33. The number of esters is 1. The number of amidine groups is 1. The van der Waals surface area contributed by atoms with Crippen LogP contribution in [0.5, 0.6) is 0 Å². The Morgan fingerprint density at radius 1 is 1.27 bits per heavy atom. The highest BCUT2D eigenvalue weighted by molar-refractivity contribution is 6.01. The van der Waals surface area contributed by atoms with Crippen LogP contribution in [0, 0.1) is 0 Å². The van der Waals surface area contributed by atoms with Crippen molar-refractivity contribution < 1.29 is 22.7 Å². The standard InChI is InChI=1S/C18H21F3N6O3/c1-17(2,3)30-12(28)8-27-9-25-13(14(23-4)16(27)29)15(22)26-10-5-6-11(24-7-10)18(19,20)21/h5-7,9,23H,8H2,1-4H3,(H2,22,26). The number of hydrogen-bond donors (Lipinski definition) is 2. The molecule has 30 heavy (non-hydrogen) atoms. The molecule has 0 fully saturated rings. The molecule has 9 nitrogen and oxygen atoms in total. The van der Waals surface area contributed by atoms with Crippen LogP contribution in [0.2, 0.25) is 0 Å². The van der Waals surface area contributed by atoms with Crippen LogP contribution in [-0.2, 0) is 22.3 Å². The zero-order valence-corrected chi connectivity index (χ0v) is 16.7. The zero-order valence-electron chi connectivity index (χ0n) is 16.7. The van der Waals surface area contributed by atoms with Gasteiger partial charge in [-0.15, -0.1) is 0 Å². The molecule has 0 saturated heterocycles. The van der Waals surface area contributed by atoms with Crippen molar-refractivity contribution in [3.05, 3.63) is 46.4 Å². The molecule has 0 spiro atoms. The van der Waals surface area contributed by atoms with Crippen LogP contribution in [-0.4, -0.2) is 39.0 Å². The number of aromatic nitrogens is 3. The molecule has 0 bridgehead atoms. The van der Waals surface area contributed by atoms with Crippen LogP contribution < -0.4 is 16.6 Å². The fraction of sp³-hybridized carbons (Fsp3) is 0.389. The second-order valence-corrected chi connectivity index (χ2v) is 7.13. The van der Waals surface area contributed by atoms with Crippen molar-refractivity contribution in [2.75, 3.05) is 12.4 Å². The fourth-order valence-corrected chi connectivity index (χ4v) is 2.35. The van der Waals surface area contributed by atoms with Crippen molar-refractivity contribution in [1.29, 1.82) is 0 Å². The number of pyridine rings is 1. The summed E-state index contributed by atoms with van der Waals surface area (Å²) in [6.45, 7) is 4.72. The number of nitrogens with zero attached hydrogens (tertiary/aromatic N) is 4. The Bertz CT molecular complexity index is 1010. The molecule has 0 amide bonds. The maximum Gasteiger partial charge on any atom is 0.433 e. The minimum absolute atomic E-state index is 0.0252. The monoisotopic (exact) mass is 426 g/mol. The summed E-state index contributed by atoms with van der Waals surface area (Å²) in [6, 6.07) is 1.85. The molecule has 2 heterocycles. The molecule has 162 valence electrons. The van der Waals surface area contributed by atoms with Crippen molar-refractivity contribution in [1.82, 2.24) is 14.5 Å². The van der Waals surface area contributed by atoms with E-state index in [9.17, 15) is 22.8 Å². The smallest absolute Gasteiger partial charge is 0.433 e. The van der Waals surface area contributed by atoms with Gasteiger partial charge in [0.15, 0.2) is 5.84 Å². The van der Waals surface area contributed by atoms with Gasteiger partial charge in [-0.2, -0.15) is 13.2 Å². The van der Waals surface area contributed by atoms with Crippen LogP contribution in [0.15, 0.2) is 34.4 Å². The van der Waals surface area contributed by atoms with Gasteiger partial charge in [-0.1, -0.05) is 0 Å². The van der Waals surface area contributed by atoms with Gasteiger partial charge in [0, 0.05) is 7.05 Å². The maximum atomic E-state index is 12.6. The number of aliphatic imine (C=N–C) groups is 1. The molecule has 2 rings (SSSR count). The molecule has 12 heteroatoms. The second kappa shape index (κ2) is 8.51. The van der Waals surface area contributed by atoms with Crippen molar-refractivity contribution in [3.8, 4) is 0 Å². The van der Waals surface area contributed by atoms with Gasteiger partial charge in [-0.05, 0) is 32.9 Å². The lowest BCUT2D eigenvalue weighted by Crippen LogP contribution is -2.33. The molecule has 0 aliphatic carbocycles. The normalized spacial score (nSPS) is 12.6. The Morgan fingerprint density at radius 2 is 1.93 bits per heavy atom. The lowest BCUT2D eigenvalue weighted by Gasteiger charge is -2.20. The summed E-state index contributed by atoms with van der Waals surface area (Å²) in [5, 5.41) is 2.65. The highest BCUT2D eigenvalue weighted by Gasteiger charge is 2.32. The van der Waals surface area contributed by atoms with E-state index in [-0.39, 0.29) is 29.4 Å². The molecule has 3 N–H and O–H groups in total. The summed E-state index contributed by atoms with van der Waals surface area (Å²) in [5.41, 5.74) is 3.48. The number of nitrogens with two attached hydrogens (primary N) is 1. The molecule has 0 atom stereocenters. The lowest BCUT2D eigenvalue weighted by molar-refractivity contribution is -0.155. The number of ether oxygens (including phenoxy) is 1. The number of nitrogens with one attached hydrogen (secondary N) is 1. The van der Waals surface area contributed by atoms with E-state index in [0.29, 0.717) is 0 Å². The number of rotatable bonds is 5. The quantitative estimate of drug-likeness (QED) is 0.426. The molecule has 0 aliphatic heterocycles. The summed E-state index contributed by atoms with van der Waals surface area (Å²) in [5.74, 6) is -0.846. The molecular weight excluding hydrogens is 405 g/mol. The predicted molar refractivity (Wildman–Crippen MR) is 104 cm³/mol. The van der Waals surface area contributed by atoms with E-state index in [1.807, 2.05) is 0 Å². The second-order valence-electron chi connectivity index (χ2n) is 7.13. The first-order valence-corrected chi connectivity index (χ1v) is 8.68. The van der Waals surface area contributed by atoms with Gasteiger partial charge in [0.25, 0.3) is 5.56 Å². The third-order valence-corrected chi connectivity index (χ3v) is 3.54. The molecule has 0 saturated carbocycles. The summed E-state index contributed by atoms with van der Waals surface area (Å²) >= 11 is 0. The van der Waals surface area contributed by atoms with Crippen molar-refractivity contribution >= 4 is 23.2 Å². The number of anilines is 1. The Morgan fingerprint density at radius 3 is 2.43 bits per heavy atom. The van der Waals surface area contributed by atoms with Gasteiger partial charge in [0.05, 0.1) is 18.2 Å². The van der Waals surface area contributed by atoms with Gasteiger partial charge in [-0.3, -0.25) is 14.2 Å². The van der Waals surface area contributed by atoms with E-state index in [1.165, 1.54) is 7.05 Å². The molecule has 0 aliphatic rings. The van der Waals surface area contributed by atoms with Crippen LogP contribution in [0.25, 0.3) is 0 Å². The van der Waals surface area contributed by atoms with Crippen LogP contribution in [0.4, 0.5) is 24.5 Å². The van der Waals surface area contributed by atoms with Crippen LogP contribution in [0.3, 0.4) is 0 Å². The fourth-order valence-electron chi connectivity index (χ4n) is 2.35. The first-order valence-electron chi connectivity index (χ1n) is 8.68. The van der Waals surface area contributed by atoms with Crippen molar-refractivity contribution in [3.63, 3.8) is 0 Å². The van der Waals surface area contributed by atoms with Crippen LogP contribution >= 0.6 is 0 Å². The molecule has 0 unspecified atom stereocenters. The lowest BCUT2D eigenvalue weighted by atomic mass is 10.2. The van der Waals surface area contributed by atoms with E-state index in [2.05, 4.69) is 20.3 Å². The average molecular weight is 426 g/mol. The molecule has 0 radical (unpaired) electrons. The van der Waals surface area contributed by atoms with Gasteiger partial charge < -0.3 is 15.8 Å². The van der Waals surface area contributed by atoms with E-state index >= 15 is 0 Å². The Kier molecular flexibility index (Phi) is 6.48. The minimum Gasteiger partial charge on any atom is -0.459 e. The number of carbonyl (C=O) groups is 1. The predicted octanol–water partition coefficient (Wildman–Crippen LogP) is 2.08. The molecule has 2 aromatic heterocycles. The van der Waals surface area contributed by atoms with E-state index in [4.69, 9.17) is 10.5 Å². The van der Waals surface area contributed by atoms with Gasteiger partial charge in [-0.25, -0.2) is 15.0 Å². The maximum absolute atomic E-state index is 12.6. The van der Waals surface area contributed by atoms with E-state index < -0.39 is 29.0 Å². The van der Waals surface area contributed by atoms with Crippen molar-refractivity contribution in [2.45, 2.75) is 39.1 Å². The molecular formula is C18H21F3N6O3. The largest absolute Gasteiger partial charge is 0.459 e. The summed E-state index contributed by atoms with van der Waals surface area (Å²) in [6.07, 6.45) is -2.57. The van der Waals surface area contributed by atoms with Crippen molar-refractivity contribution in [2.24, 2.45) is 10.7 Å². The minimum atomic E-state index is -4.58. The third kappa shape index (κ3) is 5.78. The SMILES string of the molecule is CNc1c(C(N)=Nc2ccc(C(F)(F)F)nc2)ncn(CC(=O)OC(C)(C)C)c1=O. The summed E-state index contributed by atoms with van der Waals surface area (Å²) in [4.78, 5) is 35.9.